The summed E-state index contributed by atoms with van der Waals surface area (Å²) in [5.41, 5.74) is 3.43. The lowest BCUT2D eigenvalue weighted by atomic mass is 10.1. The molecule has 10 heteroatoms. The number of nitrogens with zero attached hydrogens (tertiary/aromatic N) is 3. The van der Waals surface area contributed by atoms with E-state index < -0.39 is 5.60 Å². The van der Waals surface area contributed by atoms with Crippen LogP contribution in [0, 0.1) is 13.8 Å². The van der Waals surface area contributed by atoms with E-state index >= 15 is 0 Å². The molecule has 0 bridgehead atoms. The van der Waals surface area contributed by atoms with Crippen molar-refractivity contribution in [3.05, 3.63) is 70.8 Å². The van der Waals surface area contributed by atoms with E-state index in [1.54, 1.807) is 4.90 Å². The highest BCUT2D eigenvalue weighted by molar-refractivity contribution is 5.98. The molecular weight excluding hydrogens is 563 g/mol. The minimum absolute atomic E-state index is 0. The molecule has 2 aromatic rings. The van der Waals surface area contributed by atoms with Crippen LogP contribution in [0.1, 0.15) is 52.6 Å². The molecule has 4 rings (SSSR count). The van der Waals surface area contributed by atoms with Crippen molar-refractivity contribution >= 4 is 42.5 Å². The monoisotopic (exact) mass is 608 g/mol. The molecule has 2 heterocycles. The van der Waals surface area contributed by atoms with Gasteiger partial charge < -0.3 is 15.0 Å². The van der Waals surface area contributed by atoms with Gasteiger partial charge in [-0.1, -0.05) is 59.7 Å². The van der Waals surface area contributed by atoms with Crippen LogP contribution in [-0.2, 0) is 4.74 Å². The fourth-order valence-electron chi connectivity index (χ4n) is 4.35. The van der Waals surface area contributed by atoms with Crippen molar-refractivity contribution in [2.75, 3.05) is 65.4 Å². The van der Waals surface area contributed by atoms with Crippen LogP contribution in [0.2, 0.25) is 0 Å². The zero-order valence-electron chi connectivity index (χ0n) is 25.0. The Morgan fingerprint density at radius 3 is 1.46 bits per heavy atom. The van der Waals surface area contributed by atoms with Crippen LogP contribution in [-0.4, -0.2) is 103 Å². The molecule has 0 aliphatic carbocycles. The van der Waals surface area contributed by atoms with Crippen molar-refractivity contribution in [2.45, 2.75) is 40.2 Å². The molecule has 41 heavy (non-hydrogen) atoms. The van der Waals surface area contributed by atoms with Crippen molar-refractivity contribution in [1.82, 2.24) is 20.0 Å². The highest BCUT2D eigenvalue weighted by Gasteiger charge is 2.26. The molecule has 0 aromatic heterocycles. The molecule has 228 valence electrons. The second-order valence-electron chi connectivity index (χ2n) is 11.3. The van der Waals surface area contributed by atoms with Gasteiger partial charge in [0.2, 0.25) is 0 Å². The van der Waals surface area contributed by atoms with Crippen LogP contribution >= 0.6 is 24.8 Å². The maximum atomic E-state index is 12.3. The predicted octanol–water partition coefficient (Wildman–Crippen LogP) is 4.66. The first-order valence-corrected chi connectivity index (χ1v) is 13.8. The van der Waals surface area contributed by atoms with Gasteiger partial charge >= 0.3 is 6.09 Å². The Balaban J connectivity index is 0.000000413. The summed E-state index contributed by atoms with van der Waals surface area (Å²) in [6.07, 6.45) is -0.276. The Hall–Kier alpha value is -2.49. The molecule has 0 radical (unpaired) electrons. The van der Waals surface area contributed by atoms with Gasteiger partial charge in [-0.25, -0.2) is 4.79 Å². The number of rotatable bonds is 6. The molecule has 0 saturated carbocycles. The van der Waals surface area contributed by atoms with Crippen molar-refractivity contribution < 1.29 is 19.1 Å². The largest absolute Gasteiger partial charge is 0.444 e. The van der Waals surface area contributed by atoms with E-state index in [0.29, 0.717) is 39.3 Å². The normalized spacial score (nSPS) is 15.9. The first-order valence-electron chi connectivity index (χ1n) is 13.8. The van der Waals surface area contributed by atoms with Crippen LogP contribution < -0.4 is 5.32 Å². The van der Waals surface area contributed by atoms with Gasteiger partial charge in [0.1, 0.15) is 5.60 Å². The van der Waals surface area contributed by atoms with E-state index in [1.165, 1.54) is 5.56 Å². The number of hydrogen-bond acceptors (Lipinski definition) is 7. The number of amides is 1. The Labute approximate surface area is 257 Å². The zero-order valence-corrected chi connectivity index (χ0v) is 26.6. The third-order valence-corrected chi connectivity index (χ3v) is 6.72. The van der Waals surface area contributed by atoms with Gasteiger partial charge in [-0.05, 0) is 34.6 Å². The molecule has 1 amide bonds. The van der Waals surface area contributed by atoms with E-state index in [-0.39, 0.29) is 42.5 Å². The van der Waals surface area contributed by atoms with Crippen molar-refractivity contribution in [2.24, 2.45) is 0 Å². The van der Waals surface area contributed by atoms with Gasteiger partial charge in [0, 0.05) is 63.5 Å². The third-order valence-electron chi connectivity index (χ3n) is 6.72. The minimum Gasteiger partial charge on any atom is -0.444 e. The summed E-state index contributed by atoms with van der Waals surface area (Å²) in [5, 5.41) is 3.28. The third kappa shape index (κ3) is 12.9. The Morgan fingerprint density at radius 1 is 0.683 bits per heavy atom. The summed E-state index contributed by atoms with van der Waals surface area (Å²) in [5.74, 6) is 0.345. The van der Waals surface area contributed by atoms with Gasteiger partial charge in [-0.3, -0.25) is 19.4 Å². The number of aryl methyl sites for hydroxylation is 2. The highest BCUT2D eigenvalue weighted by Crippen LogP contribution is 2.13. The second kappa shape index (κ2) is 17.5. The van der Waals surface area contributed by atoms with Crippen molar-refractivity contribution in [3.8, 4) is 0 Å². The van der Waals surface area contributed by atoms with Crippen LogP contribution in [0.25, 0.3) is 0 Å². The van der Waals surface area contributed by atoms with Crippen molar-refractivity contribution in [3.63, 3.8) is 0 Å². The van der Waals surface area contributed by atoms with Crippen molar-refractivity contribution in [1.29, 1.82) is 0 Å². The summed E-state index contributed by atoms with van der Waals surface area (Å²) < 4.78 is 5.38. The lowest BCUT2D eigenvalue weighted by Crippen LogP contribution is -2.51. The first-order chi connectivity index (χ1) is 18.5. The average Bonchev–Trinajstić information content (AvgIpc) is 2.90. The number of carbonyl (C=O) groups is 3. The van der Waals surface area contributed by atoms with E-state index in [9.17, 15) is 14.4 Å². The number of Topliss-reactive ketones (excluding diaryl/α,β-unsaturated/α-hetero) is 2. The maximum Gasteiger partial charge on any atom is 0.410 e. The number of carbonyl (C=O) groups excluding carboxylic acids is 3. The minimum atomic E-state index is -0.477. The summed E-state index contributed by atoms with van der Waals surface area (Å²) in [4.78, 5) is 42.3. The quantitative estimate of drug-likeness (QED) is 0.478. The second-order valence-corrected chi connectivity index (χ2v) is 11.3. The molecular formula is C31H46Cl2N4O4. The number of nitrogens with one attached hydrogen (secondary N) is 1. The molecule has 1 N–H and O–H groups in total. The van der Waals surface area contributed by atoms with Crippen LogP contribution in [0.4, 0.5) is 4.79 Å². The fourth-order valence-corrected chi connectivity index (χ4v) is 4.35. The molecule has 0 spiro atoms. The number of halogens is 2. The molecule has 0 atom stereocenters. The van der Waals surface area contributed by atoms with Gasteiger partial charge in [-0.2, -0.15) is 0 Å². The first kappa shape index (κ1) is 36.5. The SMILES string of the molecule is Cc1ccc(C(=O)CN2CCN(C(=O)OC(C)(C)C)CC2)cc1.Cc1ccc(C(=O)CN2CCNCC2)cc1.Cl.Cl. The van der Waals surface area contributed by atoms with E-state index in [1.807, 2.05) is 83.1 Å². The fraction of sp³-hybridized carbons (Fsp3) is 0.516. The number of benzene rings is 2. The molecule has 2 aromatic carbocycles. The lowest BCUT2D eigenvalue weighted by molar-refractivity contribution is 0.0149. The standard InChI is InChI=1S/C18H26N2O3.C13H18N2O.2ClH/c1-14-5-7-15(8-6-14)16(21)13-19-9-11-20(12-10-19)17(22)23-18(2,3)4;1-11-2-4-12(5-3-11)13(16)10-15-8-6-14-7-9-15;;/h5-8H,9-13H2,1-4H3;2-5,14H,6-10H2,1H3;2*1H. The summed E-state index contributed by atoms with van der Waals surface area (Å²) in [6.45, 7) is 17.0. The molecule has 2 saturated heterocycles. The van der Waals surface area contributed by atoms with Gasteiger partial charge in [0.25, 0.3) is 0 Å². The number of piperazine rings is 2. The van der Waals surface area contributed by atoms with Gasteiger partial charge in [-0.15, -0.1) is 24.8 Å². The van der Waals surface area contributed by atoms with E-state index in [2.05, 4.69) is 15.1 Å². The number of ether oxygens (including phenoxy) is 1. The average molecular weight is 610 g/mol. The summed E-state index contributed by atoms with van der Waals surface area (Å²) in [7, 11) is 0. The molecule has 0 unspecified atom stereocenters. The summed E-state index contributed by atoms with van der Waals surface area (Å²) >= 11 is 0. The molecule has 2 fully saturated rings. The van der Waals surface area contributed by atoms with E-state index in [0.717, 1.165) is 42.9 Å². The maximum absolute atomic E-state index is 12.3. The Kier molecular flexibility index (Phi) is 15.6. The smallest absolute Gasteiger partial charge is 0.410 e. The zero-order chi connectivity index (χ0) is 28.4. The summed E-state index contributed by atoms with van der Waals surface area (Å²) in [6, 6.07) is 15.5. The topological polar surface area (TPSA) is 82.2 Å². The molecule has 2 aliphatic rings. The van der Waals surface area contributed by atoms with E-state index in [4.69, 9.17) is 4.74 Å². The van der Waals surface area contributed by atoms with Crippen LogP contribution in [0.3, 0.4) is 0 Å². The number of hydrogen-bond donors (Lipinski definition) is 1. The molecule has 8 nitrogen and oxygen atoms in total. The van der Waals surface area contributed by atoms with Crippen LogP contribution in [0.5, 0.6) is 0 Å². The lowest BCUT2D eigenvalue weighted by Gasteiger charge is -2.35. The Morgan fingerprint density at radius 2 is 1.07 bits per heavy atom. The van der Waals surface area contributed by atoms with Gasteiger partial charge in [0.05, 0.1) is 13.1 Å². The van der Waals surface area contributed by atoms with Crippen LogP contribution in [0.15, 0.2) is 48.5 Å². The predicted molar refractivity (Wildman–Crippen MR) is 169 cm³/mol. The number of ketones is 2. The Bertz CT molecular complexity index is 1090. The highest BCUT2D eigenvalue weighted by atomic mass is 35.5. The van der Waals surface area contributed by atoms with Gasteiger partial charge in [0.15, 0.2) is 11.6 Å². The molecule has 2 aliphatic heterocycles.